The van der Waals surface area contributed by atoms with E-state index in [2.05, 4.69) is 17.3 Å². The highest BCUT2D eigenvalue weighted by Gasteiger charge is 2.40. The van der Waals surface area contributed by atoms with Gasteiger partial charge in [0.2, 0.25) is 0 Å². The van der Waals surface area contributed by atoms with E-state index in [1.807, 2.05) is 0 Å². The number of nitrogens with one attached hydrogen (secondary N) is 1. The molecule has 3 heteroatoms. The molecule has 1 N–H and O–H groups in total. The van der Waals surface area contributed by atoms with E-state index < -0.39 is 0 Å². The van der Waals surface area contributed by atoms with Gasteiger partial charge in [-0.3, -0.25) is 0 Å². The van der Waals surface area contributed by atoms with Gasteiger partial charge in [-0.05, 0) is 88.9 Å². The van der Waals surface area contributed by atoms with Gasteiger partial charge in [-0.1, -0.05) is 6.42 Å². The molecule has 2 nitrogen and oxygen atoms in total. The van der Waals surface area contributed by atoms with Crippen LogP contribution in [0.3, 0.4) is 0 Å². The molecular formula is C16H31ClN2. The van der Waals surface area contributed by atoms with Crippen LogP contribution in [0.15, 0.2) is 0 Å². The fraction of sp³-hybridized carbons (Fsp3) is 1.00. The summed E-state index contributed by atoms with van der Waals surface area (Å²) >= 11 is 0. The van der Waals surface area contributed by atoms with E-state index in [4.69, 9.17) is 0 Å². The van der Waals surface area contributed by atoms with E-state index >= 15 is 0 Å². The summed E-state index contributed by atoms with van der Waals surface area (Å²) in [4.78, 5) is 2.78. The molecule has 0 aromatic carbocycles. The summed E-state index contributed by atoms with van der Waals surface area (Å²) in [7, 11) is 2.07. The predicted molar refractivity (Wildman–Crippen MR) is 83.9 cm³/mol. The van der Waals surface area contributed by atoms with Crippen molar-refractivity contribution in [2.45, 2.75) is 44.9 Å². The third kappa shape index (κ3) is 3.86. The van der Waals surface area contributed by atoms with Gasteiger partial charge >= 0.3 is 0 Å². The monoisotopic (exact) mass is 286 g/mol. The van der Waals surface area contributed by atoms with Crippen molar-refractivity contribution in [3.63, 3.8) is 0 Å². The molecule has 3 rings (SSSR count). The van der Waals surface area contributed by atoms with Gasteiger partial charge in [-0.25, -0.2) is 0 Å². The van der Waals surface area contributed by atoms with Crippen LogP contribution in [0.4, 0.5) is 0 Å². The Morgan fingerprint density at radius 1 is 1.05 bits per heavy atom. The summed E-state index contributed by atoms with van der Waals surface area (Å²) in [5, 5.41) is 3.29. The van der Waals surface area contributed by atoms with Gasteiger partial charge in [0.25, 0.3) is 0 Å². The molecule has 0 spiro atoms. The van der Waals surface area contributed by atoms with Crippen molar-refractivity contribution in [2.24, 2.45) is 23.7 Å². The van der Waals surface area contributed by atoms with Crippen molar-refractivity contribution < 1.29 is 0 Å². The third-order valence-corrected chi connectivity index (χ3v) is 5.89. The lowest BCUT2D eigenvalue weighted by Crippen LogP contribution is -2.38. The van der Waals surface area contributed by atoms with E-state index in [9.17, 15) is 0 Å². The third-order valence-electron chi connectivity index (χ3n) is 5.89. The van der Waals surface area contributed by atoms with Crippen LogP contribution < -0.4 is 5.32 Å². The second-order valence-electron chi connectivity index (χ2n) is 7.07. The van der Waals surface area contributed by atoms with Crippen LogP contribution in [0.5, 0.6) is 0 Å². The molecule has 0 aromatic rings. The Labute approximate surface area is 125 Å². The first-order valence-corrected chi connectivity index (χ1v) is 8.22. The van der Waals surface area contributed by atoms with E-state index in [1.54, 1.807) is 25.7 Å². The molecule has 3 unspecified atom stereocenters. The number of nitrogens with zero attached hydrogens (tertiary/aromatic N) is 1. The Hall–Kier alpha value is 0.210. The average Bonchev–Trinajstić information content (AvgIpc) is 3.00. The molecule has 0 aromatic heterocycles. The zero-order chi connectivity index (χ0) is 12.4. The largest absolute Gasteiger partial charge is 0.320 e. The number of likely N-dealkylation sites (tertiary alicyclic amines) is 1. The van der Waals surface area contributed by atoms with E-state index in [1.165, 1.54) is 45.4 Å². The molecule has 1 heterocycles. The molecule has 3 fully saturated rings. The van der Waals surface area contributed by atoms with Crippen molar-refractivity contribution >= 4 is 12.4 Å². The topological polar surface area (TPSA) is 15.3 Å². The first-order valence-electron chi connectivity index (χ1n) is 8.22. The summed E-state index contributed by atoms with van der Waals surface area (Å²) in [6.07, 6.45) is 10.5. The summed E-state index contributed by atoms with van der Waals surface area (Å²) in [5.41, 5.74) is 0. The van der Waals surface area contributed by atoms with E-state index in [-0.39, 0.29) is 12.4 Å². The van der Waals surface area contributed by atoms with Gasteiger partial charge in [-0.15, -0.1) is 12.4 Å². The maximum Gasteiger partial charge on any atom is 0.00124 e. The lowest BCUT2D eigenvalue weighted by atomic mass is 9.87. The lowest BCUT2D eigenvalue weighted by molar-refractivity contribution is 0.136. The minimum atomic E-state index is 0. The Bertz CT molecular complexity index is 263. The summed E-state index contributed by atoms with van der Waals surface area (Å²) < 4.78 is 0. The van der Waals surface area contributed by atoms with Gasteiger partial charge in [0.15, 0.2) is 0 Å². The summed E-state index contributed by atoms with van der Waals surface area (Å²) in [6.45, 7) is 5.39. The number of fused-ring (bicyclic) bond motifs is 2. The van der Waals surface area contributed by atoms with Crippen LogP contribution in [0.2, 0.25) is 0 Å². The standard InChI is InChI=1S/C16H30N2.ClH/c1-17-7-4-13-5-8-18(9-6-13)12-16-11-14-2-3-15(16)10-14;/h13-17H,2-12H2,1H3;1H. The number of hydrogen-bond donors (Lipinski definition) is 1. The zero-order valence-corrected chi connectivity index (χ0v) is 13.3. The zero-order valence-electron chi connectivity index (χ0n) is 12.4. The maximum absolute atomic E-state index is 3.29. The SMILES string of the molecule is CNCCC1CCN(CC2CC3CCC2C3)CC1.Cl. The molecule has 0 amide bonds. The number of rotatable bonds is 5. The minimum absolute atomic E-state index is 0. The number of piperidine rings is 1. The van der Waals surface area contributed by atoms with Gasteiger partial charge in [0, 0.05) is 6.54 Å². The van der Waals surface area contributed by atoms with Crippen molar-refractivity contribution in [1.82, 2.24) is 10.2 Å². The molecule has 0 radical (unpaired) electrons. The second-order valence-corrected chi connectivity index (χ2v) is 7.07. The smallest absolute Gasteiger partial charge is 0.00124 e. The molecule has 1 saturated heterocycles. The molecule has 3 aliphatic rings. The first-order chi connectivity index (χ1) is 8.85. The summed E-state index contributed by atoms with van der Waals surface area (Å²) in [5.74, 6) is 4.29. The van der Waals surface area contributed by atoms with Crippen LogP contribution >= 0.6 is 12.4 Å². The highest BCUT2D eigenvalue weighted by atomic mass is 35.5. The van der Waals surface area contributed by atoms with Crippen LogP contribution in [0.1, 0.15) is 44.9 Å². The Morgan fingerprint density at radius 3 is 2.42 bits per heavy atom. The first kappa shape index (κ1) is 15.6. The van der Waals surface area contributed by atoms with Gasteiger partial charge in [0.1, 0.15) is 0 Å². The fourth-order valence-corrected chi connectivity index (χ4v) is 4.74. The van der Waals surface area contributed by atoms with Crippen molar-refractivity contribution in [1.29, 1.82) is 0 Å². The molecular weight excluding hydrogens is 256 g/mol. The Morgan fingerprint density at radius 2 is 1.84 bits per heavy atom. The normalized spacial score (nSPS) is 35.5. The van der Waals surface area contributed by atoms with Crippen molar-refractivity contribution in [2.75, 3.05) is 33.2 Å². The molecule has 2 aliphatic carbocycles. The number of hydrogen-bond acceptors (Lipinski definition) is 2. The lowest BCUT2D eigenvalue weighted by Gasteiger charge is -2.35. The highest BCUT2D eigenvalue weighted by molar-refractivity contribution is 5.85. The van der Waals surface area contributed by atoms with Crippen molar-refractivity contribution in [3.05, 3.63) is 0 Å². The number of halogens is 1. The maximum atomic E-state index is 3.29. The predicted octanol–water partition coefficient (Wildman–Crippen LogP) is 3.17. The van der Waals surface area contributed by atoms with E-state index in [0.29, 0.717) is 0 Å². The highest BCUT2D eigenvalue weighted by Crippen LogP contribution is 2.48. The molecule has 112 valence electrons. The fourth-order valence-electron chi connectivity index (χ4n) is 4.74. The molecule has 2 saturated carbocycles. The van der Waals surface area contributed by atoms with Crippen LogP contribution in [-0.4, -0.2) is 38.1 Å². The second kappa shape index (κ2) is 7.28. The van der Waals surface area contributed by atoms with Crippen molar-refractivity contribution in [3.8, 4) is 0 Å². The van der Waals surface area contributed by atoms with Crippen LogP contribution in [-0.2, 0) is 0 Å². The molecule has 3 atom stereocenters. The van der Waals surface area contributed by atoms with Gasteiger partial charge in [-0.2, -0.15) is 0 Å². The average molecular weight is 287 g/mol. The van der Waals surface area contributed by atoms with Crippen LogP contribution in [0, 0.1) is 23.7 Å². The summed E-state index contributed by atoms with van der Waals surface area (Å²) in [6, 6.07) is 0. The van der Waals surface area contributed by atoms with Gasteiger partial charge < -0.3 is 10.2 Å². The molecule has 19 heavy (non-hydrogen) atoms. The molecule has 1 aliphatic heterocycles. The minimum Gasteiger partial charge on any atom is -0.320 e. The Kier molecular flexibility index (Phi) is 5.98. The Balaban J connectivity index is 0.00000133. The van der Waals surface area contributed by atoms with E-state index in [0.717, 1.165) is 23.7 Å². The van der Waals surface area contributed by atoms with Gasteiger partial charge in [0.05, 0.1) is 0 Å². The molecule has 2 bridgehead atoms. The quantitative estimate of drug-likeness (QED) is 0.835. The van der Waals surface area contributed by atoms with Crippen LogP contribution in [0.25, 0.3) is 0 Å².